The average molecular weight is 502 g/mol. The van der Waals surface area contributed by atoms with Crippen LogP contribution >= 0.6 is 11.6 Å². The number of halogens is 1. The van der Waals surface area contributed by atoms with E-state index in [0.717, 1.165) is 35.4 Å². The van der Waals surface area contributed by atoms with Gasteiger partial charge in [-0.1, -0.05) is 11.6 Å². The van der Waals surface area contributed by atoms with Gasteiger partial charge in [0.1, 0.15) is 5.75 Å². The Kier molecular flexibility index (Phi) is 9.28. The molecule has 1 unspecified atom stereocenters. The summed E-state index contributed by atoms with van der Waals surface area (Å²) >= 11 is 5.87. The van der Waals surface area contributed by atoms with Crippen LogP contribution in [-0.4, -0.2) is 77.5 Å². The SMILES string of the molecule is CC(=O)ON1CCN(CC(C)O)CC1.COc1ccc2c(c1)cc(C)n2C(=O)c1ccc(Cl)cc1. The summed E-state index contributed by atoms with van der Waals surface area (Å²) in [4.78, 5) is 30.5. The van der Waals surface area contributed by atoms with Gasteiger partial charge in [-0.05, 0) is 62.4 Å². The minimum atomic E-state index is -0.296. The Morgan fingerprint density at radius 2 is 1.71 bits per heavy atom. The highest BCUT2D eigenvalue weighted by molar-refractivity contribution is 6.30. The standard InChI is InChI=1S/C17H14ClNO2.C9H18N2O3/c1-11-9-13-10-15(21-2)7-8-16(13)19(11)17(20)12-3-5-14(18)6-4-12;1-8(12)7-10-3-5-11(6-4-10)14-9(2)13/h3-10H,1-2H3;8,12H,3-7H2,1-2H3. The van der Waals surface area contributed by atoms with Crippen molar-refractivity contribution >= 4 is 34.4 Å². The maximum Gasteiger partial charge on any atom is 0.322 e. The smallest absolute Gasteiger partial charge is 0.322 e. The second kappa shape index (κ2) is 12.2. The van der Waals surface area contributed by atoms with Crippen LogP contribution in [0.4, 0.5) is 0 Å². The van der Waals surface area contributed by atoms with Crippen molar-refractivity contribution in [3.63, 3.8) is 0 Å². The van der Waals surface area contributed by atoms with E-state index < -0.39 is 0 Å². The molecule has 8 nitrogen and oxygen atoms in total. The molecule has 0 aliphatic carbocycles. The maximum atomic E-state index is 12.7. The third-order valence-corrected chi connectivity index (χ3v) is 5.85. The Hall–Kier alpha value is -2.91. The van der Waals surface area contributed by atoms with E-state index in [9.17, 15) is 14.7 Å². The number of aryl methyl sites for hydroxylation is 1. The van der Waals surface area contributed by atoms with E-state index >= 15 is 0 Å². The number of carbonyl (C=O) groups excluding carboxylic acids is 2. The monoisotopic (exact) mass is 501 g/mol. The average Bonchev–Trinajstić information content (AvgIpc) is 3.15. The predicted octanol–water partition coefficient (Wildman–Crippen LogP) is 3.76. The van der Waals surface area contributed by atoms with Gasteiger partial charge in [0.25, 0.3) is 5.91 Å². The van der Waals surface area contributed by atoms with Gasteiger partial charge in [0.05, 0.1) is 18.7 Å². The first kappa shape index (κ1) is 26.7. The number of rotatable bonds is 5. The van der Waals surface area contributed by atoms with Crippen LogP contribution in [0, 0.1) is 6.92 Å². The Morgan fingerprint density at radius 1 is 1.06 bits per heavy atom. The zero-order chi connectivity index (χ0) is 25.5. The molecule has 1 aromatic heterocycles. The van der Waals surface area contributed by atoms with Crippen LogP contribution in [0.15, 0.2) is 48.5 Å². The number of methoxy groups -OCH3 is 1. The van der Waals surface area contributed by atoms with Gasteiger partial charge < -0.3 is 14.7 Å². The third-order valence-electron chi connectivity index (χ3n) is 5.60. The van der Waals surface area contributed by atoms with Crippen molar-refractivity contribution in [2.45, 2.75) is 26.9 Å². The molecule has 35 heavy (non-hydrogen) atoms. The highest BCUT2D eigenvalue weighted by Crippen LogP contribution is 2.25. The van der Waals surface area contributed by atoms with E-state index in [1.54, 1.807) is 47.9 Å². The number of hydrogen-bond donors (Lipinski definition) is 1. The normalized spacial score (nSPS) is 15.3. The number of fused-ring (bicyclic) bond motifs is 1. The summed E-state index contributed by atoms with van der Waals surface area (Å²) in [7, 11) is 1.63. The second-order valence-electron chi connectivity index (χ2n) is 8.52. The van der Waals surface area contributed by atoms with Crippen LogP contribution in [0.1, 0.15) is 29.9 Å². The number of piperazine rings is 1. The molecule has 188 valence electrons. The minimum absolute atomic E-state index is 0.0654. The summed E-state index contributed by atoms with van der Waals surface area (Å²) in [5, 5.41) is 12.4. The summed E-state index contributed by atoms with van der Waals surface area (Å²) in [6.07, 6.45) is -0.296. The fourth-order valence-corrected chi connectivity index (χ4v) is 4.13. The number of ether oxygens (including phenoxy) is 1. The van der Waals surface area contributed by atoms with Crippen molar-refractivity contribution < 1.29 is 24.3 Å². The highest BCUT2D eigenvalue weighted by atomic mass is 35.5. The van der Waals surface area contributed by atoms with Crippen LogP contribution < -0.4 is 4.74 Å². The van der Waals surface area contributed by atoms with Crippen LogP contribution in [0.3, 0.4) is 0 Å². The van der Waals surface area contributed by atoms with E-state index in [4.69, 9.17) is 21.2 Å². The second-order valence-corrected chi connectivity index (χ2v) is 8.96. The number of β-amino-alcohol motifs (C(OH)–C–C–N with tert-alkyl or cyclic N) is 1. The predicted molar refractivity (Wildman–Crippen MR) is 136 cm³/mol. The van der Waals surface area contributed by atoms with Crippen LogP contribution in [0.2, 0.25) is 5.02 Å². The largest absolute Gasteiger partial charge is 0.497 e. The van der Waals surface area contributed by atoms with Crippen molar-refractivity contribution in [1.82, 2.24) is 14.5 Å². The molecule has 1 aliphatic heterocycles. The number of benzene rings is 2. The molecule has 1 saturated heterocycles. The lowest BCUT2D eigenvalue weighted by atomic mass is 10.2. The number of aliphatic hydroxyl groups excluding tert-OH is 1. The maximum absolute atomic E-state index is 12.7. The van der Waals surface area contributed by atoms with E-state index in [-0.39, 0.29) is 18.0 Å². The Morgan fingerprint density at radius 3 is 2.29 bits per heavy atom. The van der Waals surface area contributed by atoms with E-state index in [1.165, 1.54) is 6.92 Å². The highest BCUT2D eigenvalue weighted by Gasteiger charge is 2.19. The summed E-state index contributed by atoms with van der Waals surface area (Å²) in [5.41, 5.74) is 2.36. The fraction of sp³-hybridized carbons (Fsp3) is 0.385. The lowest BCUT2D eigenvalue weighted by Crippen LogP contribution is -2.48. The summed E-state index contributed by atoms with van der Waals surface area (Å²) in [6.45, 7) is 8.88. The van der Waals surface area contributed by atoms with Gasteiger partial charge in [-0.3, -0.25) is 19.1 Å². The number of aliphatic hydroxyl groups is 1. The summed E-state index contributed by atoms with van der Waals surface area (Å²) in [5.74, 6) is 0.442. The van der Waals surface area contributed by atoms with Gasteiger partial charge in [0.2, 0.25) is 0 Å². The Bertz CT molecular complexity index is 1150. The molecule has 9 heteroatoms. The Balaban J connectivity index is 0.000000214. The molecule has 3 aromatic rings. The lowest BCUT2D eigenvalue weighted by molar-refractivity contribution is -0.195. The minimum Gasteiger partial charge on any atom is -0.497 e. The molecule has 2 aromatic carbocycles. The molecular formula is C26H32ClN3O5. The molecule has 0 saturated carbocycles. The molecule has 0 spiro atoms. The van der Waals surface area contributed by atoms with Crippen LogP contribution in [-0.2, 0) is 9.63 Å². The zero-order valence-electron chi connectivity index (χ0n) is 20.5. The van der Waals surface area contributed by atoms with Crippen molar-refractivity contribution in [2.24, 2.45) is 0 Å². The first-order valence-corrected chi connectivity index (χ1v) is 11.9. The Labute approximate surface area is 210 Å². The van der Waals surface area contributed by atoms with E-state index in [0.29, 0.717) is 30.2 Å². The van der Waals surface area contributed by atoms with Crippen molar-refractivity contribution in [3.05, 3.63) is 64.8 Å². The van der Waals surface area contributed by atoms with Gasteiger partial charge >= 0.3 is 5.97 Å². The molecule has 1 N–H and O–H groups in total. The molecule has 0 radical (unpaired) electrons. The van der Waals surface area contributed by atoms with Crippen LogP contribution in [0.5, 0.6) is 5.75 Å². The van der Waals surface area contributed by atoms with Crippen molar-refractivity contribution in [2.75, 3.05) is 39.8 Å². The van der Waals surface area contributed by atoms with Crippen LogP contribution in [0.25, 0.3) is 10.9 Å². The molecule has 2 heterocycles. The lowest BCUT2D eigenvalue weighted by Gasteiger charge is -2.33. The molecule has 0 amide bonds. The zero-order valence-corrected chi connectivity index (χ0v) is 21.3. The van der Waals surface area contributed by atoms with Gasteiger partial charge in [-0.15, -0.1) is 5.06 Å². The van der Waals surface area contributed by atoms with Gasteiger partial charge in [-0.25, -0.2) is 0 Å². The molecule has 0 bridgehead atoms. The molecule has 4 rings (SSSR count). The summed E-state index contributed by atoms with van der Waals surface area (Å²) < 4.78 is 6.93. The topological polar surface area (TPSA) is 84.2 Å². The molecular weight excluding hydrogens is 470 g/mol. The molecule has 1 fully saturated rings. The summed E-state index contributed by atoms with van der Waals surface area (Å²) in [6, 6.07) is 14.6. The molecule has 1 atom stereocenters. The number of hydroxylamine groups is 2. The first-order valence-electron chi connectivity index (χ1n) is 11.5. The first-order chi connectivity index (χ1) is 16.7. The van der Waals surface area contributed by atoms with Crippen molar-refractivity contribution in [3.8, 4) is 5.75 Å². The van der Waals surface area contributed by atoms with Gasteiger partial charge in [0, 0.05) is 61.3 Å². The number of nitrogens with zero attached hydrogens (tertiary/aromatic N) is 3. The molecule has 1 aliphatic rings. The van der Waals surface area contributed by atoms with E-state index in [2.05, 4.69) is 4.90 Å². The fourth-order valence-electron chi connectivity index (χ4n) is 4.01. The van der Waals surface area contributed by atoms with Gasteiger partial charge in [0.15, 0.2) is 0 Å². The number of carbonyl (C=O) groups is 2. The quantitative estimate of drug-likeness (QED) is 0.569. The number of aromatic nitrogens is 1. The van der Waals surface area contributed by atoms with Crippen molar-refractivity contribution in [1.29, 1.82) is 0 Å². The number of hydrogen-bond acceptors (Lipinski definition) is 7. The van der Waals surface area contributed by atoms with Gasteiger partial charge in [-0.2, -0.15) is 0 Å². The van der Waals surface area contributed by atoms with E-state index in [1.807, 2.05) is 31.2 Å². The third kappa shape index (κ3) is 7.29.